The van der Waals surface area contributed by atoms with Crippen LogP contribution in [0.25, 0.3) is 22.3 Å². The molecule has 1 heteroatoms. The highest BCUT2D eigenvalue weighted by Crippen LogP contribution is 2.25. The van der Waals surface area contributed by atoms with Crippen LogP contribution < -0.4 is 0 Å². The van der Waals surface area contributed by atoms with Crippen LogP contribution in [0.4, 0.5) is 0 Å². The molecule has 3 aromatic rings. The second kappa shape index (κ2) is 6.89. The van der Waals surface area contributed by atoms with Gasteiger partial charge in [-0.2, -0.15) is 0 Å². The predicted octanol–water partition coefficient (Wildman–Crippen LogP) is 5.87. The van der Waals surface area contributed by atoms with Crippen LogP contribution in [-0.4, -0.2) is 4.98 Å². The van der Waals surface area contributed by atoms with E-state index in [2.05, 4.69) is 73.1 Å². The first-order chi connectivity index (χ1) is 11.2. The minimum atomic E-state index is 0.908. The van der Waals surface area contributed by atoms with Crippen molar-refractivity contribution in [2.75, 3.05) is 0 Å². The summed E-state index contributed by atoms with van der Waals surface area (Å²) in [6.07, 6.45) is 3.88. The Labute approximate surface area is 137 Å². The monoisotopic (exact) mass is 297 g/mol. The maximum atomic E-state index is 4.35. The minimum absolute atomic E-state index is 0.908. The van der Waals surface area contributed by atoms with Crippen molar-refractivity contribution in [3.63, 3.8) is 0 Å². The van der Waals surface area contributed by atoms with Gasteiger partial charge in [-0.15, -0.1) is 0 Å². The zero-order valence-corrected chi connectivity index (χ0v) is 13.2. The lowest BCUT2D eigenvalue weighted by Gasteiger charge is -2.07. The third-order valence-electron chi connectivity index (χ3n) is 3.81. The second-order valence-corrected chi connectivity index (χ2v) is 5.51. The molecular formula is C22H19N. The van der Waals surface area contributed by atoms with Crippen LogP contribution in [0.5, 0.6) is 0 Å². The molecule has 0 fully saturated rings. The van der Waals surface area contributed by atoms with E-state index >= 15 is 0 Å². The molecule has 0 unspecified atom stereocenters. The molecule has 2 aromatic carbocycles. The quantitative estimate of drug-likeness (QED) is 0.549. The van der Waals surface area contributed by atoms with Crippen molar-refractivity contribution in [3.05, 3.63) is 103 Å². The summed E-state index contributed by atoms with van der Waals surface area (Å²) in [6.45, 7) is 6.24. The molecule has 0 saturated carbocycles. The summed E-state index contributed by atoms with van der Waals surface area (Å²) in [5.74, 6) is 0. The van der Waals surface area contributed by atoms with Crippen LogP contribution in [0.15, 0.2) is 91.6 Å². The van der Waals surface area contributed by atoms with Crippen LogP contribution >= 0.6 is 0 Å². The average molecular weight is 297 g/mol. The van der Waals surface area contributed by atoms with Crippen molar-refractivity contribution >= 4 is 11.1 Å². The maximum Gasteiger partial charge on any atom is 0.0696 e. The lowest BCUT2D eigenvalue weighted by molar-refractivity contribution is 1.28. The molecule has 1 heterocycles. The van der Waals surface area contributed by atoms with Crippen LogP contribution in [0.3, 0.4) is 0 Å². The van der Waals surface area contributed by atoms with Gasteiger partial charge in [0.1, 0.15) is 0 Å². The van der Waals surface area contributed by atoms with Gasteiger partial charge < -0.3 is 0 Å². The molecule has 0 amide bonds. The third-order valence-corrected chi connectivity index (χ3v) is 3.81. The number of hydrogen-bond acceptors (Lipinski definition) is 1. The Kier molecular flexibility index (Phi) is 4.49. The second-order valence-electron chi connectivity index (χ2n) is 5.51. The Morgan fingerprint density at radius 3 is 2.35 bits per heavy atom. The Balaban J connectivity index is 1.90. The topological polar surface area (TPSA) is 12.9 Å². The van der Waals surface area contributed by atoms with Gasteiger partial charge in [0, 0.05) is 6.20 Å². The Morgan fingerprint density at radius 2 is 1.61 bits per heavy atom. The molecule has 0 atom stereocenters. The molecule has 0 spiro atoms. The van der Waals surface area contributed by atoms with Crippen molar-refractivity contribution in [2.24, 2.45) is 0 Å². The molecule has 0 aliphatic rings. The SMILES string of the molecule is C=C(/C=C(\C)c1cccc(-c2ccccc2)c1)c1ccccn1. The summed E-state index contributed by atoms with van der Waals surface area (Å²) in [7, 11) is 0. The van der Waals surface area contributed by atoms with Gasteiger partial charge in [0.15, 0.2) is 0 Å². The molecule has 0 bridgehead atoms. The van der Waals surface area contributed by atoms with E-state index in [1.165, 1.54) is 22.3 Å². The largest absolute Gasteiger partial charge is 0.256 e. The summed E-state index contributed by atoms with van der Waals surface area (Å²) in [6, 6.07) is 24.9. The maximum absolute atomic E-state index is 4.35. The number of aromatic nitrogens is 1. The first kappa shape index (κ1) is 15.0. The van der Waals surface area contributed by atoms with Crippen LogP contribution in [0.2, 0.25) is 0 Å². The molecule has 3 rings (SSSR count). The fourth-order valence-corrected chi connectivity index (χ4v) is 2.55. The van der Waals surface area contributed by atoms with Gasteiger partial charge in [-0.05, 0) is 59.0 Å². The first-order valence-corrected chi connectivity index (χ1v) is 7.68. The van der Waals surface area contributed by atoms with Gasteiger partial charge in [0.25, 0.3) is 0 Å². The highest BCUT2D eigenvalue weighted by Gasteiger charge is 2.02. The highest BCUT2D eigenvalue weighted by molar-refractivity contribution is 5.82. The van der Waals surface area contributed by atoms with Gasteiger partial charge in [-0.3, -0.25) is 4.98 Å². The van der Waals surface area contributed by atoms with Crippen LogP contribution in [0, 0.1) is 0 Å². The van der Waals surface area contributed by atoms with E-state index in [0.29, 0.717) is 0 Å². The van der Waals surface area contributed by atoms with Crippen molar-refractivity contribution < 1.29 is 0 Å². The standard InChI is InChI=1S/C22H19N/c1-17(15-18(2)22-13-6-7-14-23-22)20-11-8-12-21(16-20)19-9-4-3-5-10-19/h3-16H,2H2,1H3/b17-15+. The molecule has 0 saturated heterocycles. The van der Waals surface area contributed by atoms with Crippen molar-refractivity contribution in [1.29, 1.82) is 0 Å². The third kappa shape index (κ3) is 3.64. The van der Waals surface area contributed by atoms with E-state index < -0.39 is 0 Å². The molecule has 0 aliphatic heterocycles. The van der Waals surface area contributed by atoms with Gasteiger partial charge in [0.05, 0.1) is 5.69 Å². The Bertz CT molecular complexity index is 830. The molecule has 0 N–H and O–H groups in total. The van der Waals surface area contributed by atoms with Gasteiger partial charge in [0.2, 0.25) is 0 Å². The number of allylic oxidation sites excluding steroid dienone is 3. The summed E-state index contributed by atoms with van der Waals surface area (Å²) in [5.41, 5.74) is 6.66. The van der Waals surface area contributed by atoms with E-state index in [-0.39, 0.29) is 0 Å². The predicted molar refractivity (Wildman–Crippen MR) is 98.8 cm³/mol. The van der Waals surface area contributed by atoms with E-state index in [1.54, 1.807) is 6.20 Å². The summed E-state index contributed by atoms with van der Waals surface area (Å²) < 4.78 is 0. The lowest BCUT2D eigenvalue weighted by atomic mass is 9.98. The summed E-state index contributed by atoms with van der Waals surface area (Å²) >= 11 is 0. The number of benzene rings is 2. The number of pyridine rings is 1. The molecule has 112 valence electrons. The summed E-state index contributed by atoms with van der Waals surface area (Å²) in [4.78, 5) is 4.35. The molecular weight excluding hydrogens is 278 g/mol. The van der Waals surface area contributed by atoms with Gasteiger partial charge >= 0.3 is 0 Å². The van der Waals surface area contributed by atoms with Crippen LogP contribution in [-0.2, 0) is 0 Å². The minimum Gasteiger partial charge on any atom is -0.256 e. The van der Waals surface area contributed by atoms with Crippen molar-refractivity contribution in [1.82, 2.24) is 4.98 Å². The van der Waals surface area contributed by atoms with Crippen LogP contribution in [0.1, 0.15) is 18.2 Å². The zero-order chi connectivity index (χ0) is 16.1. The van der Waals surface area contributed by atoms with Gasteiger partial charge in [-0.1, -0.05) is 61.2 Å². The van der Waals surface area contributed by atoms with Gasteiger partial charge in [-0.25, -0.2) is 0 Å². The number of rotatable bonds is 4. The fraction of sp³-hybridized carbons (Fsp3) is 0.0455. The zero-order valence-electron chi connectivity index (χ0n) is 13.2. The smallest absolute Gasteiger partial charge is 0.0696 e. The van der Waals surface area contributed by atoms with E-state index in [9.17, 15) is 0 Å². The average Bonchev–Trinajstić information content (AvgIpc) is 2.63. The van der Waals surface area contributed by atoms with Crippen molar-refractivity contribution in [3.8, 4) is 11.1 Å². The van der Waals surface area contributed by atoms with Crippen molar-refractivity contribution in [2.45, 2.75) is 6.92 Å². The Morgan fingerprint density at radius 1 is 0.870 bits per heavy atom. The highest BCUT2D eigenvalue weighted by atomic mass is 14.7. The van der Waals surface area contributed by atoms with E-state index in [0.717, 1.165) is 11.3 Å². The Hall–Kier alpha value is -2.93. The summed E-state index contributed by atoms with van der Waals surface area (Å²) in [5, 5.41) is 0. The number of nitrogens with zero attached hydrogens (tertiary/aromatic N) is 1. The molecule has 0 radical (unpaired) electrons. The molecule has 1 aromatic heterocycles. The first-order valence-electron chi connectivity index (χ1n) is 7.68. The molecule has 23 heavy (non-hydrogen) atoms. The molecule has 0 aliphatic carbocycles. The van der Waals surface area contributed by atoms with E-state index in [4.69, 9.17) is 0 Å². The lowest BCUT2D eigenvalue weighted by Crippen LogP contribution is -1.87. The fourth-order valence-electron chi connectivity index (χ4n) is 2.55. The molecule has 1 nitrogen and oxygen atoms in total. The number of hydrogen-bond donors (Lipinski definition) is 0. The normalized spacial score (nSPS) is 11.3. The van der Waals surface area contributed by atoms with E-state index in [1.807, 2.05) is 24.3 Å².